The summed E-state index contributed by atoms with van der Waals surface area (Å²) < 4.78 is 4.98. The Morgan fingerprint density at radius 3 is 2.27 bits per heavy atom. The Kier molecular flexibility index (Phi) is 5.11. The molecule has 0 atom stereocenters. The Morgan fingerprint density at radius 2 is 1.60 bits per heavy atom. The van der Waals surface area contributed by atoms with Crippen molar-refractivity contribution in [2.45, 2.75) is 0 Å². The van der Waals surface area contributed by atoms with Crippen molar-refractivity contribution in [1.29, 1.82) is 0 Å². The molecule has 2 N–H and O–H groups in total. The number of ether oxygens (including phenoxy) is 1. The smallest absolute Gasteiger partial charge is 0.213 e. The van der Waals surface area contributed by atoms with Crippen molar-refractivity contribution in [3.05, 3.63) is 24.3 Å². The van der Waals surface area contributed by atoms with Gasteiger partial charge in [0.05, 0.1) is 18.1 Å². The summed E-state index contributed by atoms with van der Waals surface area (Å²) in [7, 11) is 1.58. The third-order valence-corrected chi connectivity index (χ3v) is 1.75. The highest BCUT2D eigenvalue weighted by atomic mass is 35.5. The molecule has 0 aliphatic heterocycles. The van der Waals surface area contributed by atoms with Crippen molar-refractivity contribution in [2.24, 2.45) is 0 Å². The lowest BCUT2D eigenvalue weighted by Gasteiger charge is -2.00. The van der Waals surface area contributed by atoms with Crippen molar-refractivity contribution >= 4 is 41.7 Å². The average Bonchev–Trinajstić information content (AvgIpc) is 2.17. The van der Waals surface area contributed by atoms with Gasteiger partial charge in [-0.2, -0.15) is 0 Å². The van der Waals surface area contributed by atoms with Gasteiger partial charge in [-0.15, -0.1) is 24.8 Å². The molecular formula is C9H11Cl2N3O. The average molecular weight is 248 g/mol. The highest BCUT2D eigenvalue weighted by molar-refractivity contribution is 5.85. The molecule has 0 aliphatic carbocycles. The monoisotopic (exact) mass is 247 g/mol. The number of nitrogen functional groups attached to an aromatic ring is 1. The molecule has 2 heterocycles. The fourth-order valence-corrected chi connectivity index (χ4v) is 1.12. The molecular weight excluding hydrogens is 237 g/mol. The number of fused-ring (bicyclic) bond motifs is 1. The second kappa shape index (κ2) is 5.58. The molecule has 0 aromatic carbocycles. The van der Waals surface area contributed by atoms with Gasteiger partial charge in [-0.05, 0) is 18.2 Å². The molecule has 6 heteroatoms. The van der Waals surface area contributed by atoms with Crippen LogP contribution in [0, 0.1) is 0 Å². The first-order valence-corrected chi connectivity index (χ1v) is 3.87. The number of hydrogen-bond donors (Lipinski definition) is 1. The molecule has 0 unspecified atom stereocenters. The van der Waals surface area contributed by atoms with Gasteiger partial charge in [0, 0.05) is 6.07 Å². The highest BCUT2D eigenvalue weighted by Gasteiger charge is 1.98. The summed E-state index contributed by atoms with van der Waals surface area (Å²) >= 11 is 0. The number of halogens is 2. The van der Waals surface area contributed by atoms with Crippen molar-refractivity contribution in [1.82, 2.24) is 9.97 Å². The van der Waals surface area contributed by atoms with Crippen molar-refractivity contribution < 1.29 is 4.74 Å². The molecule has 0 amide bonds. The van der Waals surface area contributed by atoms with Gasteiger partial charge in [0.2, 0.25) is 5.88 Å². The van der Waals surface area contributed by atoms with Gasteiger partial charge in [-0.25, -0.2) is 9.97 Å². The lowest BCUT2D eigenvalue weighted by atomic mass is 10.3. The van der Waals surface area contributed by atoms with E-state index in [1.165, 1.54) is 0 Å². The van der Waals surface area contributed by atoms with Gasteiger partial charge >= 0.3 is 0 Å². The summed E-state index contributed by atoms with van der Waals surface area (Å²) in [5.41, 5.74) is 7.09. The molecule has 2 rings (SSSR count). The maximum absolute atomic E-state index is 5.52. The second-order valence-corrected chi connectivity index (χ2v) is 2.63. The van der Waals surface area contributed by atoms with Gasteiger partial charge in [0.1, 0.15) is 5.82 Å². The summed E-state index contributed by atoms with van der Waals surface area (Å²) in [5, 5.41) is 0. The molecule has 0 saturated heterocycles. The standard InChI is InChI=1S/C9H9N3O.2ClH/c1-13-9-5-3-6-7(12-9)2-4-8(10)11-6;;/h2-5H,1H3,(H2,10,11);2*1H. The fourth-order valence-electron chi connectivity index (χ4n) is 1.12. The first-order valence-electron chi connectivity index (χ1n) is 3.87. The zero-order valence-electron chi connectivity index (χ0n) is 8.01. The van der Waals surface area contributed by atoms with E-state index in [1.54, 1.807) is 19.2 Å². The molecule has 82 valence electrons. The van der Waals surface area contributed by atoms with E-state index in [-0.39, 0.29) is 24.8 Å². The second-order valence-electron chi connectivity index (χ2n) is 2.63. The van der Waals surface area contributed by atoms with E-state index in [0.717, 1.165) is 11.0 Å². The molecule has 0 spiro atoms. The number of methoxy groups -OCH3 is 1. The van der Waals surface area contributed by atoms with E-state index < -0.39 is 0 Å². The van der Waals surface area contributed by atoms with Crippen LogP contribution in [0.25, 0.3) is 11.0 Å². The zero-order chi connectivity index (χ0) is 9.26. The van der Waals surface area contributed by atoms with E-state index in [0.29, 0.717) is 11.7 Å². The van der Waals surface area contributed by atoms with Crippen molar-refractivity contribution in [2.75, 3.05) is 12.8 Å². The fraction of sp³-hybridized carbons (Fsp3) is 0.111. The Balaban J connectivity index is 0.000000980. The number of rotatable bonds is 1. The first kappa shape index (κ1) is 13.7. The number of anilines is 1. The van der Waals surface area contributed by atoms with Crippen LogP contribution in [0.4, 0.5) is 5.82 Å². The summed E-state index contributed by atoms with van der Waals surface area (Å²) in [4.78, 5) is 8.31. The molecule has 15 heavy (non-hydrogen) atoms. The largest absolute Gasteiger partial charge is 0.481 e. The minimum Gasteiger partial charge on any atom is -0.481 e. The molecule has 0 fully saturated rings. The van der Waals surface area contributed by atoms with Gasteiger partial charge in [0.25, 0.3) is 0 Å². The SMILES string of the molecule is COc1ccc2nc(N)ccc2n1.Cl.Cl. The van der Waals surface area contributed by atoms with Crippen LogP contribution in [0.2, 0.25) is 0 Å². The number of pyridine rings is 2. The number of nitrogens with zero attached hydrogens (tertiary/aromatic N) is 2. The van der Waals surface area contributed by atoms with E-state index in [2.05, 4.69) is 9.97 Å². The van der Waals surface area contributed by atoms with Crippen molar-refractivity contribution in [3.8, 4) is 5.88 Å². The molecule has 0 aliphatic rings. The number of hydrogen-bond acceptors (Lipinski definition) is 4. The van der Waals surface area contributed by atoms with Gasteiger partial charge in [0.15, 0.2) is 0 Å². The van der Waals surface area contributed by atoms with E-state index in [4.69, 9.17) is 10.5 Å². The van der Waals surface area contributed by atoms with Gasteiger partial charge in [-0.3, -0.25) is 0 Å². The quantitative estimate of drug-likeness (QED) is 0.839. The minimum atomic E-state index is 0. The predicted octanol–water partition coefficient (Wildman–Crippen LogP) is 2.06. The Hall–Kier alpha value is -1.26. The van der Waals surface area contributed by atoms with Crippen LogP contribution < -0.4 is 10.5 Å². The molecule has 0 bridgehead atoms. The topological polar surface area (TPSA) is 61.0 Å². The molecule has 2 aromatic heterocycles. The van der Waals surface area contributed by atoms with Crippen LogP contribution in [0.3, 0.4) is 0 Å². The van der Waals surface area contributed by atoms with Gasteiger partial charge in [-0.1, -0.05) is 0 Å². The summed E-state index contributed by atoms with van der Waals surface area (Å²) in [5.74, 6) is 1.08. The van der Waals surface area contributed by atoms with Crippen LogP contribution in [-0.2, 0) is 0 Å². The Labute approximate surface area is 99.7 Å². The van der Waals surface area contributed by atoms with Crippen LogP contribution in [0.1, 0.15) is 0 Å². The third-order valence-electron chi connectivity index (χ3n) is 1.75. The Morgan fingerprint density at radius 1 is 1.00 bits per heavy atom. The van der Waals surface area contributed by atoms with Crippen LogP contribution in [-0.4, -0.2) is 17.1 Å². The highest BCUT2D eigenvalue weighted by Crippen LogP contribution is 2.15. The number of nitrogens with two attached hydrogens (primary N) is 1. The van der Waals surface area contributed by atoms with Crippen LogP contribution in [0.15, 0.2) is 24.3 Å². The van der Waals surface area contributed by atoms with E-state index in [1.807, 2.05) is 12.1 Å². The van der Waals surface area contributed by atoms with Crippen molar-refractivity contribution in [3.63, 3.8) is 0 Å². The minimum absolute atomic E-state index is 0. The van der Waals surface area contributed by atoms with E-state index in [9.17, 15) is 0 Å². The lowest BCUT2D eigenvalue weighted by molar-refractivity contribution is 0.399. The molecule has 4 nitrogen and oxygen atoms in total. The van der Waals surface area contributed by atoms with Gasteiger partial charge < -0.3 is 10.5 Å². The molecule has 0 saturated carbocycles. The predicted molar refractivity (Wildman–Crippen MR) is 65.0 cm³/mol. The normalized spacial score (nSPS) is 8.87. The lowest BCUT2D eigenvalue weighted by Crippen LogP contribution is -1.92. The third kappa shape index (κ3) is 2.84. The summed E-state index contributed by atoms with van der Waals surface area (Å²) in [6.45, 7) is 0. The first-order chi connectivity index (χ1) is 6.29. The van der Waals surface area contributed by atoms with Crippen LogP contribution in [0.5, 0.6) is 5.88 Å². The van der Waals surface area contributed by atoms with Crippen LogP contribution >= 0.6 is 24.8 Å². The maximum Gasteiger partial charge on any atom is 0.213 e. The summed E-state index contributed by atoms with van der Waals surface area (Å²) in [6, 6.07) is 7.13. The molecule has 2 aromatic rings. The van der Waals surface area contributed by atoms with E-state index >= 15 is 0 Å². The summed E-state index contributed by atoms with van der Waals surface area (Å²) in [6.07, 6.45) is 0. The number of aromatic nitrogens is 2. The zero-order valence-corrected chi connectivity index (χ0v) is 9.64. The Bertz CT molecular complexity index is 450. The molecule has 0 radical (unpaired) electrons. The maximum atomic E-state index is 5.52.